The zero-order valence-corrected chi connectivity index (χ0v) is 19.4. The number of benzene rings is 3. The lowest BCUT2D eigenvalue weighted by Gasteiger charge is -2.12. The number of nitrogens with one attached hydrogen (secondary N) is 3. The highest BCUT2D eigenvalue weighted by Crippen LogP contribution is 2.24. The number of ether oxygens (including phenoxy) is 1. The fourth-order valence-corrected chi connectivity index (χ4v) is 4.36. The second kappa shape index (κ2) is 10.4. The lowest BCUT2D eigenvalue weighted by atomic mass is 10.1. The van der Waals surface area contributed by atoms with Gasteiger partial charge in [-0.25, -0.2) is 4.79 Å². The lowest BCUT2D eigenvalue weighted by molar-refractivity contribution is 0.102. The molecule has 7 heteroatoms. The number of anilines is 2. The zero-order chi connectivity index (χ0) is 24.0. The number of carbonyl (C=O) groups excluding carboxylic acids is 2. The van der Waals surface area contributed by atoms with Crippen LogP contribution in [0.25, 0.3) is 10.9 Å². The van der Waals surface area contributed by atoms with Crippen LogP contribution in [0.2, 0.25) is 0 Å². The van der Waals surface area contributed by atoms with Crippen molar-refractivity contribution in [3.8, 4) is 0 Å². The first-order chi connectivity index (χ1) is 17.2. The average Bonchev–Trinajstić information content (AvgIpc) is 3.53. The quantitative estimate of drug-likeness (QED) is 0.347. The molecule has 0 bridgehead atoms. The summed E-state index contributed by atoms with van der Waals surface area (Å²) in [6.45, 7) is 1.94. The van der Waals surface area contributed by atoms with Crippen LogP contribution < -0.4 is 16.0 Å². The molecule has 3 aromatic carbocycles. The fourth-order valence-electron chi connectivity index (χ4n) is 4.36. The van der Waals surface area contributed by atoms with Gasteiger partial charge in [-0.05, 0) is 48.7 Å². The molecule has 0 spiro atoms. The Morgan fingerprint density at radius 2 is 1.60 bits per heavy atom. The van der Waals surface area contributed by atoms with Crippen molar-refractivity contribution in [3.05, 3.63) is 96.2 Å². The molecule has 5 rings (SSSR count). The smallest absolute Gasteiger partial charge is 0.319 e. The molecule has 3 N–H and O–H groups in total. The van der Waals surface area contributed by atoms with Gasteiger partial charge in [-0.3, -0.25) is 4.79 Å². The van der Waals surface area contributed by atoms with E-state index in [1.807, 2.05) is 48.7 Å². The molecule has 1 fully saturated rings. The maximum Gasteiger partial charge on any atom is 0.319 e. The number of amides is 3. The molecule has 35 heavy (non-hydrogen) atoms. The number of hydrogen-bond donors (Lipinski definition) is 3. The number of rotatable bonds is 7. The third-order valence-corrected chi connectivity index (χ3v) is 6.14. The molecule has 1 atom stereocenters. The van der Waals surface area contributed by atoms with Crippen molar-refractivity contribution < 1.29 is 14.3 Å². The van der Waals surface area contributed by atoms with Crippen LogP contribution in [0.5, 0.6) is 0 Å². The Kier molecular flexibility index (Phi) is 6.77. The molecular weight excluding hydrogens is 440 g/mol. The summed E-state index contributed by atoms with van der Waals surface area (Å²) in [5.41, 5.74) is 4.10. The molecule has 178 valence electrons. The molecule has 0 saturated carbocycles. The standard InChI is InChI=1S/C28H28N4O3/c33-27(25-19-32(18-20-7-2-1-3-8-20)26-11-5-4-10-24(25)26)30-21-12-14-22(15-13-21)31-28(34)29-17-23-9-6-16-35-23/h1-5,7-8,10-15,19,23H,6,9,16-18H2,(H,30,33)(H2,29,31,34). The summed E-state index contributed by atoms with van der Waals surface area (Å²) in [6, 6.07) is 24.9. The minimum atomic E-state index is -0.275. The number of fused-ring (bicyclic) bond motifs is 1. The minimum absolute atomic E-state index is 0.0944. The van der Waals surface area contributed by atoms with Crippen molar-refractivity contribution in [2.24, 2.45) is 0 Å². The van der Waals surface area contributed by atoms with Crippen molar-refractivity contribution in [2.75, 3.05) is 23.8 Å². The predicted molar refractivity (Wildman–Crippen MR) is 138 cm³/mol. The summed E-state index contributed by atoms with van der Waals surface area (Å²) in [5.74, 6) is -0.178. The van der Waals surface area contributed by atoms with Crippen LogP contribution >= 0.6 is 0 Å². The van der Waals surface area contributed by atoms with E-state index in [2.05, 4.69) is 32.7 Å². The van der Waals surface area contributed by atoms with Gasteiger partial charge in [0.05, 0.1) is 11.7 Å². The van der Waals surface area contributed by atoms with Gasteiger partial charge in [0.2, 0.25) is 0 Å². The monoisotopic (exact) mass is 468 g/mol. The molecule has 1 aliphatic heterocycles. The van der Waals surface area contributed by atoms with Gasteiger partial charge in [-0.1, -0.05) is 48.5 Å². The van der Waals surface area contributed by atoms with Gasteiger partial charge in [0.25, 0.3) is 5.91 Å². The van der Waals surface area contributed by atoms with Crippen molar-refractivity contribution in [3.63, 3.8) is 0 Å². The summed E-state index contributed by atoms with van der Waals surface area (Å²) in [4.78, 5) is 25.3. The number of aromatic nitrogens is 1. The summed E-state index contributed by atoms with van der Waals surface area (Å²) in [6.07, 6.45) is 4.01. The molecule has 4 aromatic rings. The molecule has 2 heterocycles. The predicted octanol–water partition coefficient (Wildman–Crippen LogP) is 5.24. The van der Waals surface area contributed by atoms with Gasteiger partial charge in [0.1, 0.15) is 0 Å². The number of hydrogen-bond acceptors (Lipinski definition) is 3. The number of carbonyl (C=O) groups is 2. The summed E-state index contributed by atoms with van der Waals surface area (Å²) in [7, 11) is 0. The first-order valence-electron chi connectivity index (χ1n) is 11.9. The molecule has 1 aromatic heterocycles. The molecule has 0 radical (unpaired) electrons. The number of para-hydroxylation sites is 1. The maximum absolute atomic E-state index is 13.2. The van der Waals surface area contributed by atoms with E-state index in [0.29, 0.717) is 30.0 Å². The molecule has 1 aliphatic rings. The number of nitrogens with zero attached hydrogens (tertiary/aromatic N) is 1. The van der Waals surface area contributed by atoms with Crippen molar-refractivity contribution in [1.82, 2.24) is 9.88 Å². The van der Waals surface area contributed by atoms with E-state index in [-0.39, 0.29) is 18.0 Å². The van der Waals surface area contributed by atoms with Crippen LogP contribution in [0.3, 0.4) is 0 Å². The van der Waals surface area contributed by atoms with E-state index in [9.17, 15) is 9.59 Å². The van der Waals surface area contributed by atoms with E-state index >= 15 is 0 Å². The third kappa shape index (κ3) is 5.53. The van der Waals surface area contributed by atoms with Crippen LogP contribution in [0.4, 0.5) is 16.2 Å². The molecule has 1 saturated heterocycles. The Bertz CT molecular complexity index is 1310. The Balaban J connectivity index is 1.24. The van der Waals surface area contributed by atoms with Gasteiger partial charge in [-0.15, -0.1) is 0 Å². The first-order valence-corrected chi connectivity index (χ1v) is 11.9. The van der Waals surface area contributed by atoms with Crippen molar-refractivity contribution in [2.45, 2.75) is 25.5 Å². The van der Waals surface area contributed by atoms with E-state index in [0.717, 1.165) is 30.4 Å². The molecule has 7 nitrogen and oxygen atoms in total. The Morgan fingerprint density at radius 1 is 0.886 bits per heavy atom. The summed E-state index contributed by atoms with van der Waals surface area (Å²) >= 11 is 0. The second-order valence-corrected chi connectivity index (χ2v) is 8.67. The van der Waals surface area contributed by atoms with Crippen LogP contribution in [0, 0.1) is 0 Å². The van der Waals surface area contributed by atoms with Gasteiger partial charge >= 0.3 is 6.03 Å². The topological polar surface area (TPSA) is 84.4 Å². The van der Waals surface area contributed by atoms with E-state index < -0.39 is 0 Å². The second-order valence-electron chi connectivity index (χ2n) is 8.67. The maximum atomic E-state index is 13.2. The third-order valence-electron chi connectivity index (χ3n) is 6.14. The molecule has 0 aliphatic carbocycles. The van der Waals surface area contributed by atoms with Gasteiger partial charge in [0, 0.05) is 48.2 Å². The highest BCUT2D eigenvalue weighted by molar-refractivity contribution is 6.13. The van der Waals surface area contributed by atoms with Gasteiger partial charge in [-0.2, -0.15) is 0 Å². The van der Waals surface area contributed by atoms with Crippen LogP contribution in [0.15, 0.2) is 85.1 Å². The largest absolute Gasteiger partial charge is 0.376 e. The lowest BCUT2D eigenvalue weighted by Crippen LogP contribution is -2.35. The average molecular weight is 469 g/mol. The fraction of sp³-hybridized carbons (Fsp3) is 0.214. The molecule has 1 unspecified atom stereocenters. The Hall–Kier alpha value is -4.10. The van der Waals surface area contributed by atoms with Gasteiger partial charge in [0.15, 0.2) is 0 Å². The highest BCUT2D eigenvalue weighted by atomic mass is 16.5. The van der Waals surface area contributed by atoms with Crippen LogP contribution in [-0.2, 0) is 11.3 Å². The Labute approximate surface area is 204 Å². The zero-order valence-electron chi connectivity index (χ0n) is 19.4. The van der Waals surface area contributed by atoms with Crippen molar-refractivity contribution in [1.29, 1.82) is 0 Å². The number of urea groups is 1. The van der Waals surface area contributed by atoms with E-state index in [1.54, 1.807) is 24.3 Å². The highest BCUT2D eigenvalue weighted by Gasteiger charge is 2.17. The molecular formula is C28H28N4O3. The molecule has 3 amide bonds. The van der Waals surface area contributed by atoms with Crippen molar-refractivity contribution >= 4 is 34.2 Å². The summed E-state index contributed by atoms with van der Waals surface area (Å²) < 4.78 is 7.62. The van der Waals surface area contributed by atoms with E-state index in [4.69, 9.17) is 4.74 Å². The van der Waals surface area contributed by atoms with E-state index in [1.165, 1.54) is 5.56 Å². The first kappa shape index (κ1) is 22.7. The SMILES string of the molecule is O=C(NCC1CCCO1)Nc1ccc(NC(=O)c2cn(Cc3ccccc3)c3ccccc23)cc1. The minimum Gasteiger partial charge on any atom is -0.376 e. The van der Waals surface area contributed by atoms with Crippen LogP contribution in [0.1, 0.15) is 28.8 Å². The van der Waals surface area contributed by atoms with Crippen LogP contribution in [-0.4, -0.2) is 35.8 Å². The summed E-state index contributed by atoms with van der Waals surface area (Å²) in [5, 5.41) is 9.52. The van der Waals surface area contributed by atoms with Gasteiger partial charge < -0.3 is 25.3 Å². The Morgan fingerprint density at radius 3 is 2.34 bits per heavy atom. The normalized spacial score (nSPS) is 15.1.